The van der Waals surface area contributed by atoms with E-state index in [0.29, 0.717) is 18.2 Å². The van der Waals surface area contributed by atoms with Gasteiger partial charge in [-0.05, 0) is 18.2 Å². The van der Waals surface area contributed by atoms with Gasteiger partial charge >= 0.3 is 12.2 Å². The number of rotatable bonds is 3. The second kappa shape index (κ2) is 5.55. The summed E-state index contributed by atoms with van der Waals surface area (Å²) in [4.78, 5) is 21.3. The highest BCUT2D eigenvalue weighted by atomic mass is 19.4. The van der Waals surface area contributed by atoms with E-state index in [9.17, 15) is 27.2 Å². The van der Waals surface area contributed by atoms with Gasteiger partial charge < -0.3 is 11.1 Å². The number of primary amides is 1. The molecule has 104 valence electrons. The molecular formula is C10H9F4N3O2. The molecule has 1 aromatic rings. The van der Waals surface area contributed by atoms with Crippen LogP contribution in [0.5, 0.6) is 0 Å². The summed E-state index contributed by atoms with van der Waals surface area (Å²) in [7, 11) is 0. The molecule has 0 aliphatic rings. The summed E-state index contributed by atoms with van der Waals surface area (Å²) in [6.07, 6.45) is -4.63. The molecule has 19 heavy (non-hydrogen) atoms. The number of anilines is 1. The van der Waals surface area contributed by atoms with E-state index in [1.165, 1.54) is 0 Å². The number of hydrogen-bond donors (Lipinski definition) is 3. The molecule has 0 bridgehead atoms. The van der Waals surface area contributed by atoms with E-state index in [1.807, 2.05) is 0 Å². The molecule has 0 heterocycles. The van der Waals surface area contributed by atoms with Crippen molar-refractivity contribution in [3.63, 3.8) is 0 Å². The maximum absolute atomic E-state index is 13.2. The van der Waals surface area contributed by atoms with Crippen LogP contribution in [0.2, 0.25) is 0 Å². The van der Waals surface area contributed by atoms with E-state index < -0.39 is 41.7 Å². The standard InChI is InChI=1S/C10H9F4N3O2/c11-6-2-1-5(10(12,13)14)3-7(6)16-4-8(18)17-9(15)19/h1-3,16H,4H2,(H3,15,17,18,19). The van der Waals surface area contributed by atoms with Crippen molar-refractivity contribution < 1.29 is 27.2 Å². The van der Waals surface area contributed by atoms with E-state index in [1.54, 1.807) is 5.32 Å². The van der Waals surface area contributed by atoms with Crippen LogP contribution >= 0.6 is 0 Å². The van der Waals surface area contributed by atoms with E-state index in [4.69, 9.17) is 0 Å². The zero-order chi connectivity index (χ0) is 14.6. The van der Waals surface area contributed by atoms with Gasteiger partial charge in [-0.2, -0.15) is 13.2 Å². The third-order valence-corrected chi connectivity index (χ3v) is 2.00. The normalized spacial score (nSPS) is 10.9. The largest absolute Gasteiger partial charge is 0.416 e. The van der Waals surface area contributed by atoms with Crippen molar-refractivity contribution >= 4 is 17.6 Å². The Balaban J connectivity index is 2.78. The number of carbonyl (C=O) groups is 2. The highest BCUT2D eigenvalue weighted by Gasteiger charge is 2.31. The Kier molecular flexibility index (Phi) is 4.30. The van der Waals surface area contributed by atoms with Gasteiger partial charge in [0.25, 0.3) is 0 Å². The molecule has 0 aliphatic heterocycles. The first-order chi connectivity index (χ1) is 8.70. The fourth-order valence-corrected chi connectivity index (χ4v) is 1.19. The molecule has 0 radical (unpaired) electrons. The van der Waals surface area contributed by atoms with Crippen LogP contribution in [-0.2, 0) is 11.0 Å². The van der Waals surface area contributed by atoms with Crippen LogP contribution in [0.1, 0.15) is 5.56 Å². The molecule has 4 N–H and O–H groups in total. The van der Waals surface area contributed by atoms with Crippen molar-refractivity contribution in [1.29, 1.82) is 0 Å². The number of nitrogens with two attached hydrogens (primary N) is 1. The summed E-state index contributed by atoms with van der Waals surface area (Å²) in [6.45, 7) is -0.596. The van der Waals surface area contributed by atoms with Gasteiger partial charge in [-0.1, -0.05) is 0 Å². The smallest absolute Gasteiger partial charge is 0.374 e. The predicted octanol–water partition coefficient (Wildman–Crippen LogP) is 1.45. The van der Waals surface area contributed by atoms with E-state index in [0.717, 1.165) is 0 Å². The van der Waals surface area contributed by atoms with E-state index in [2.05, 4.69) is 11.1 Å². The first kappa shape index (κ1) is 14.7. The molecule has 1 aromatic carbocycles. The monoisotopic (exact) mass is 279 g/mol. The first-order valence-electron chi connectivity index (χ1n) is 4.90. The quantitative estimate of drug-likeness (QED) is 0.732. The van der Waals surface area contributed by atoms with Crippen LogP contribution in [0.25, 0.3) is 0 Å². The number of amides is 3. The summed E-state index contributed by atoms with van der Waals surface area (Å²) < 4.78 is 50.4. The summed E-state index contributed by atoms with van der Waals surface area (Å²) in [6, 6.07) is 0.602. The zero-order valence-corrected chi connectivity index (χ0v) is 9.34. The van der Waals surface area contributed by atoms with Crippen LogP contribution in [0.3, 0.4) is 0 Å². The molecule has 0 aliphatic carbocycles. The number of hydrogen-bond acceptors (Lipinski definition) is 3. The lowest BCUT2D eigenvalue weighted by atomic mass is 10.2. The lowest BCUT2D eigenvalue weighted by Crippen LogP contribution is -2.38. The van der Waals surface area contributed by atoms with Crippen LogP contribution in [0.15, 0.2) is 18.2 Å². The molecule has 0 saturated carbocycles. The Labute approximate surface area is 104 Å². The lowest BCUT2D eigenvalue weighted by Gasteiger charge is -2.11. The van der Waals surface area contributed by atoms with Crippen molar-refractivity contribution in [3.05, 3.63) is 29.6 Å². The highest BCUT2D eigenvalue weighted by Crippen LogP contribution is 2.31. The lowest BCUT2D eigenvalue weighted by molar-refractivity contribution is -0.137. The van der Waals surface area contributed by atoms with Gasteiger partial charge in [-0.15, -0.1) is 0 Å². The van der Waals surface area contributed by atoms with Crippen LogP contribution in [0, 0.1) is 5.82 Å². The van der Waals surface area contributed by atoms with Crippen molar-refractivity contribution in [2.45, 2.75) is 6.18 Å². The molecular weight excluding hydrogens is 270 g/mol. The SMILES string of the molecule is NC(=O)NC(=O)CNc1cc(C(F)(F)F)ccc1F. The summed E-state index contributed by atoms with van der Waals surface area (Å²) in [5.74, 6) is -1.86. The minimum absolute atomic E-state index is 0.505. The average molecular weight is 279 g/mol. The molecule has 3 amide bonds. The number of benzene rings is 1. The number of imide groups is 1. The van der Waals surface area contributed by atoms with Crippen molar-refractivity contribution in [2.24, 2.45) is 5.73 Å². The third-order valence-electron chi connectivity index (χ3n) is 2.00. The first-order valence-corrected chi connectivity index (χ1v) is 4.90. The summed E-state index contributed by atoms with van der Waals surface area (Å²) in [5, 5.41) is 3.81. The molecule has 0 atom stereocenters. The van der Waals surface area contributed by atoms with Crippen molar-refractivity contribution in [2.75, 3.05) is 11.9 Å². The van der Waals surface area contributed by atoms with Gasteiger partial charge in [0.15, 0.2) is 0 Å². The Morgan fingerprint density at radius 2 is 1.89 bits per heavy atom. The van der Waals surface area contributed by atoms with Gasteiger partial charge in [0.05, 0.1) is 17.8 Å². The van der Waals surface area contributed by atoms with E-state index >= 15 is 0 Å². The fourth-order valence-electron chi connectivity index (χ4n) is 1.19. The Morgan fingerprint density at radius 1 is 1.26 bits per heavy atom. The number of urea groups is 1. The van der Waals surface area contributed by atoms with Gasteiger partial charge in [0.1, 0.15) is 5.82 Å². The summed E-state index contributed by atoms with van der Waals surface area (Å²) >= 11 is 0. The number of alkyl halides is 3. The second-order valence-electron chi connectivity index (χ2n) is 3.46. The average Bonchev–Trinajstić information content (AvgIpc) is 2.25. The maximum Gasteiger partial charge on any atom is 0.416 e. The van der Waals surface area contributed by atoms with Gasteiger partial charge in [-0.3, -0.25) is 10.1 Å². The number of carbonyl (C=O) groups excluding carboxylic acids is 2. The van der Waals surface area contributed by atoms with Crippen molar-refractivity contribution in [1.82, 2.24) is 5.32 Å². The molecule has 0 fully saturated rings. The topological polar surface area (TPSA) is 84.2 Å². The van der Waals surface area contributed by atoms with Crippen LogP contribution in [-0.4, -0.2) is 18.5 Å². The number of nitrogens with one attached hydrogen (secondary N) is 2. The molecule has 0 saturated heterocycles. The van der Waals surface area contributed by atoms with Crippen molar-refractivity contribution in [3.8, 4) is 0 Å². The molecule has 5 nitrogen and oxygen atoms in total. The second-order valence-corrected chi connectivity index (χ2v) is 3.46. The Hall–Kier alpha value is -2.32. The maximum atomic E-state index is 13.2. The fraction of sp³-hybridized carbons (Fsp3) is 0.200. The zero-order valence-electron chi connectivity index (χ0n) is 9.34. The van der Waals surface area contributed by atoms with Gasteiger partial charge in [-0.25, -0.2) is 9.18 Å². The van der Waals surface area contributed by atoms with Crippen LogP contribution in [0.4, 0.5) is 28.0 Å². The third kappa shape index (κ3) is 4.45. The summed E-state index contributed by atoms with van der Waals surface area (Å²) in [5.41, 5.74) is 3.08. The molecule has 0 spiro atoms. The minimum Gasteiger partial charge on any atom is -0.374 e. The minimum atomic E-state index is -4.63. The molecule has 0 unspecified atom stereocenters. The van der Waals surface area contributed by atoms with Gasteiger partial charge in [0, 0.05) is 0 Å². The number of halogens is 4. The van der Waals surface area contributed by atoms with E-state index in [-0.39, 0.29) is 0 Å². The predicted molar refractivity (Wildman–Crippen MR) is 57.6 cm³/mol. The Morgan fingerprint density at radius 3 is 2.42 bits per heavy atom. The van der Waals surface area contributed by atoms with Crippen LogP contribution < -0.4 is 16.4 Å². The highest BCUT2D eigenvalue weighted by molar-refractivity contribution is 5.95. The Bertz CT molecular complexity index is 502. The molecule has 1 rings (SSSR count). The van der Waals surface area contributed by atoms with Gasteiger partial charge in [0.2, 0.25) is 5.91 Å². The molecule has 9 heteroatoms. The molecule has 0 aromatic heterocycles.